The number of phenols is 1. The van der Waals surface area contributed by atoms with Crippen molar-refractivity contribution in [1.29, 1.82) is 0 Å². The molecule has 3 aliphatic rings. The smallest absolute Gasteiger partial charge is 0.264 e. The van der Waals surface area contributed by atoms with Crippen molar-refractivity contribution in [2.45, 2.75) is 43.9 Å². The Balaban J connectivity index is 1.26. The Bertz CT molecular complexity index is 1290. The third-order valence-electron chi connectivity index (χ3n) is 7.19. The lowest BCUT2D eigenvalue weighted by atomic mass is 9.53. The van der Waals surface area contributed by atoms with Crippen molar-refractivity contribution in [3.63, 3.8) is 0 Å². The minimum atomic E-state index is -1.79. The number of carbonyl (C=O) groups is 1. The highest BCUT2D eigenvalue weighted by molar-refractivity contribution is 5.94. The summed E-state index contributed by atoms with van der Waals surface area (Å²) in [6.45, 7) is 0.224. The number of aromatic amines is 1. The molecule has 1 aromatic carbocycles. The fourth-order valence-corrected chi connectivity index (χ4v) is 4.97. The van der Waals surface area contributed by atoms with Crippen LogP contribution in [0.15, 0.2) is 27.5 Å². The van der Waals surface area contributed by atoms with Crippen LogP contribution in [0.3, 0.4) is 0 Å². The van der Waals surface area contributed by atoms with Crippen molar-refractivity contribution in [3.8, 4) is 17.3 Å². The van der Waals surface area contributed by atoms with Crippen LogP contribution < -0.4 is 10.9 Å². The number of nitrogens with one attached hydrogen (secondary N) is 2. The summed E-state index contributed by atoms with van der Waals surface area (Å²) < 4.78 is 46.7. The molecule has 0 saturated heterocycles. The van der Waals surface area contributed by atoms with E-state index in [-0.39, 0.29) is 28.8 Å². The Morgan fingerprint density at radius 1 is 1.12 bits per heavy atom. The first-order valence-corrected chi connectivity index (χ1v) is 10.8. The van der Waals surface area contributed by atoms with Gasteiger partial charge in [0.25, 0.3) is 11.5 Å². The number of aromatic hydroxyl groups is 1. The zero-order chi connectivity index (χ0) is 24.1. The summed E-state index contributed by atoms with van der Waals surface area (Å²) in [4.78, 5) is 28.1. The SMILES string of the molecule is O=C(NCC12CCC(c3nc(-c4ccc(=O)[nH]n4)no3)(CC1)CC2)c1cc(F)c(O)c(F)c1F. The summed E-state index contributed by atoms with van der Waals surface area (Å²) in [6.07, 6.45) is 4.43. The van der Waals surface area contributed by atoms with Gasteiger partial charge in [0.05, 0.1) is 5.56 Å². The van der Waals surface area contributed by atoms with Gasteiger partial charge in [-0.2, -0.15) is 14.5 Å². The molecule has 3 saturated carbocycles. The number of hydrogen-bond acceptors (Lipinski definition) is 7. The first-order valence-electron chi connectivity index (χ1n) is 10.8. The maximum Gasteiger partial charge on any atom is 0.264 e. The van der Waals surface area contributed by atoms with E-state index < -0.39 is 34.7 Å². The Hall–Kier alpha value is -3.70. The van der Waals surface area contributed by atoms with Crippen molar-refractivity contribution in [2.24, 2.45) is 5.41 Å². The molecule has 0 atom stereocenters. The molecule has 0 unspecified atom stereocenters. The van der Waals surface area contributed by atoms with Crippen molar-refractivity contribution in [1.82, 2.24) is 25.7 Å². The molecule has 3 aromatic rings. The van der Waals surface area contributed by atoms with Crippen LogP contribution in [0.5, 0.6) is 5.75 Å². The molecule has 178 valence electrons. The normalized spacial score (nSPS) is 23.7. The molecule has 6 rings (SSSR count). The maximum atomic E-state index is 14.0. The highest BCUT2D eigenvalue weighted by Crippen LogP contribution is 2.57. The van der Waals surface area contributed by atoms with Gasteiger partial charge in [0.1, 0.15) is 5.69 Å². The van der Waals surface area contributed by atoms with E-state index in [4.69, 9.17) is 9.63 Å². The van der Waals surface area contributed by atoms with Crippen LogP contribution in [-0.2, 0) is 5.41 Å². The molecule has 0 radical (unpaired) electrons. The minimum Gasteiger partial charge on any atom is -0.503 e. The van der Waals surface area contributed by atoms with Crippen molar-refractivity contribution < 1.29 is 27.6 Å². The van der Waals surface area contributed by atoms with Crippen LogP contribution in [0, 0.1) is 22.9 Å². The molecule has 12 heteroatoms. The van der Waals surface area contributed by atoms with Crippen LogP contribution >= 0.6 is 0 Å². The zero-order valence-electron chi connectivity index (χ0n) is 17.8. The van der Waals surface area contributed by atoms with Gasteiger partial charge in [-0.15, -0.1) is 0 Å². The van der Waals surface area contributed by atoms with E-state index in [1.54, 1.807) is 0 Å². The summed E-state index contributed by atoms with van der Waals surface area (Å²) in [5.74, 6) is -6.40. The largest absolute Gasteiger partial charge is 0.503 e. The minimum absolute atomic E-state index is 0.224. The number of carbonyl (C=O) groups excluding carboxylic acids is 1. The van der Waals surface area contributed by atoms with E-state index >= 15 is 0 Å². The average Bonchev–Trinajstić information content (AvgIpc) is 3.36. The van der Waals surface area contributed by atoms with E-state index in [1.165, 1.54) is 12.1 Å². The first kappa shape index (κ1) is 22.1. The molecule has 3 fully saturated rings. The van der Waals surface area contributed by atoms with Crippen LogP contribution in [0.25, 0.3) is 11.5 Å². The lowest BCUT2D eigenvalue weighted by Crippen LogP contribution is -2.49. The molecule has 0 spiro atoms. The molecular weight excluding hydrogens is 455 g/mol. The van der Waals surface area contributed by atoms with Crippen LogP contribution in [0.4, 0.5) is 13.2 Å². The number of fused-ring (bicyclic) bond motifs is 3. The molecule has 2 bridgehead atoms. The number of phenolic OH excluding ortho intramolecular Hbond substituents is 1. The third-order valence-corrected chi connectivity index (χ3v) is 7.19. The van der Waals surface area contributed by atoms with Gasteiger partial charge in [-0.3, -0.25) is 9.59 Å². The lowest BCUT2D eigenvalue weighted by Gasteiger charge is -2.51. The van der Waals surface area contributed by atoms with Crippen LogP contribution in [-0.4, -0.2) is 37.9 Å². The molecule has 3 N–H and O–H groups in total. The number of halogens is 3. The monoisotopic (exact) mass is 475 g/mol. The van der Waals surface area contributed by atoms with Gasteiger partial charge in [-0.1, -0.05) is 5.16 Å². The molecule has 3 aliphatic carbocycles. The second-order valence-corrected chi connectivity index (χ2v) is 9.08. The van der Waals surface area contributed by atoms with Gasteiger partial charge >= 0.3 is 0 Å². The molecule has 2 aromatic heterocycles. The van der Waals surface area contributed by atoms with E-state index in [9.17, 15) is 22.8 Å². The number of hydrogen-bond donors (Lipinski definition) is 3. The number of H-pyrrole nitrogens is 1. The fraction of sp³-hybridized carbons (Fsp3) is 0.409. The molecule has 0 aliphatic heterocycles. The van der Waals surface area contributed by atoms with E-state index in [0.29, 0.717) is 17.7 Å². The zero-order valence-corrected chi connectivity index (χ0v) is 17.8. The standard InChI is InChI=1S/C22H20F3N5O4/c23-12-9-11(15(24)16(25)17(12)32)19(33)26-10-21-3-6-22(7-4-21,8-5-21)20-27-18(30-34-20)13-1-2-14(31)29-28-13/h1-2,9,32H,3-8,10H2,(H,26,33)(H,29,31). The maximum absolute atomic E-state index is 14.0. The van der Waals surface area contributed by atoms with Gasteiger partial charge in [-0.25, -0.2) is 13.9 Å². The predicted molar refractivity (Wildman–Crippen MR) is 110 cm³/mol. The number of aromatic nitrogens is 4. The average molecular weight is 475 g/mol. The highest BCUT2D eigenvalue weighted by atomic mass is 19.2. The molecule has 1 amide bonds. The van der Waals surface area contributed by atoms with Crippen molar-refractivity contribution in [3.05, 3.63) is 57.5 Å². The Labute approximate surface area is 190 Å². The van der Waals surface area contributed by atoms with Gasteiger partial charge in [0, 0.05) is 18.0 Å². The van der Waals surface area contributed by atoms with E-state index in [2.05, 4.69) is 25.7 Å². The summed E-state index contributed by atoms with van der Waals surface area (Å²) in [5.41, 5.74) is -1.26. The Morgan fingerprint density at radius 3 is 2.47 bits per heavy atom. The second-order valence-electron chi connectivity index (χ2n) is 9.08. The highest BCUT2D eigenvalue weighted by Gasteiger charge is 2.52. The lowest BCUT2D eigenvalue weighted by molar-refractivity contribution is 0.0228. The quantitative estimate of drug-likeness (QED) is 0.483. The number of benzene rings is 1. The van der Waals surface area contributed by atoms with Gasteiger partial charge in [-0.05, 0) is 56.1 Å². The molecule has 2 heterocycles. The van der Waals surface area contributed by atoms with Crippen molar-refractivity contribution in [2.75, 3.05) is 6.54 Å². The third kappa shape index (κ3) is 3.62. The van der Waals surface area contributed by atoms with E-state index in [0.717, 1.165) is 38.5 Å². The van der Waals surface area contributed by atoms with E-state index in [1.807, 2.05) is 0 Å². The van der Waals surface area contributed by atoms with Gasteiger partial charge < -0.3 is 14.9 Å². The predicted octanol–water partition coefficient (Wildman–Crippen LogP) is 2.96. The number of nitrogens with zero attached hydrogens (tertiary/aromatic N) is 3. The van der Waals surface area contributed by atoms with Gasteiger partial charge in [0.2, 0.25) is 17.5 Å². The van der Waals surface area contributed by atoms with Crippen LogP contribution in [0.2, 0.25) is 0 Å². The fourth-order valence-electron chi connectivity index (χ4n) is 4.97. The van der Waals surface area contributed by atoms with Gasteiger partial charge in [0.15, 0.2) is 17.4 Å². The summed E-state index contributed by atoms with van der Waals surface area (Å²) in [6, 6.07) is 3.32. The number of amides is 1. The second kappa shape index (κ2) is 7.96. The molecule has 9 nitrogen and oxygen atoms in total. The first-order chi connectivity index (χ1) is 16.2. The van der Waals surface area contributed by atoms with Crippen molar-refractivity contribution >= 4 is 5.91 Å². The Kier molecular flexibility index (Phi) is 5.18. The summed E-state index contributed by atoms with van der Waals surface area (Å²) in [5, 5.41) is 22.0. The summed E-state index contributed by atoms with van der Waals surface area (Å²) >= 11 is 0. The molecule has 34 heavy (non-hydrogen) atoms. The Morgan fingerprint density at radius 2 is 1.82 bits per heavy atom. The number of rotatable bonds is 5. The molecular formula is C22H20F3N5O4. The van der Waals surface area contributed by atoms with Crippen LogP contribution in [0.1, 0.15) is 54.8 Å². The topological polar surface area (TPSA) is 134 Å². The summed E-state index contributed by atoms with van der Waals surface area (Å²) in [7, 11) is 0.